The lowest BCUT2D eigenvalue weighted by Gasteiger charge is -2.12. The van der Waals surface area contributed by atoms with Gasteiger partial charge in [-0.1, -0.05) is 12.1 Å². The molecule has 1 amide bonds. The molecule has 0 aliphatic rings. The Morgan fingerprint density at radius 3 is 2.63 bits per heavy atom. The van der Waals surface area contributed by atoms with Gasteiger partial charge in [0.2, 0.25) is 0 Å². The highest BCUT2D eigenvalue weighted by molar-refractivity contribution is 5.91. The standard InChI is InChI=1S/C20H19F2N3O2/c1-12-4-5-13(2)17(8-12)25-19(9-14(3)24-25)23-20(26)11-27-18-7-6-15(21)10-16(18)22/h4-10H,11H2,1-3H3,(H,23,26). The summed E-state index contributed by atoms with van der Waals surface area (Å²) in [5, 5.41) is 7.16. The average molecular weight is 371 g/mol. The number of hydrogen-bond donors (Lipinski definition) is 1. The van der Waals surface area contributed by atoms with Crippen LogP contribution in [0.2, 0.25) is 0 Å². The molecule has 27 heavy (non-hydrogen) atoms. The molecule has 0 radical (unpaired) electrons. The highest BCUT2D eigenvalue weighted by Gasteiger charge is 2.14. The van der Waals surface area contributed by atoms with Crippen LogP contribution in [0.1, 0.15) is 16.8 Å². The molecule has 0 aliphatic carbocycles. The van der Waals surface area contributed by atoms with Crippen molar-refractivity contribution in [2.24, 2.45) is 0 Å². The minimum absolute atomic E-state index is 0.189. The summed E-state index contributed by atoms with van der Waals surface area (Å²) in [6, 6.07) is 10.6. The molecule has 1 aromatic heterocycles. The summed E-state index contributed by atoms with van der Waals surface area (Å²) in [4.78, 5) is 12.2. The van der Waals surface area contributed by atoms with Crippen molar-refractivity contribution >= 4 is 11.7 Å². The molecule has 1 N–H and O–H groups in total. The second-order valence-corrected chi connectivity index (χ2v) is 6.28. The van der Waals surface area contributed by atoms with E-state index in [-0.39, 0.29) is 5.75 Å². The van der Waals surface area contributed by atoms with Crippen molar-refractivity contribution in [3.8, 4) is 11.4 Å². The number of carbonyl (C=O) groups is 1. The normalized spacial score (nSPS) is 10.7. The highest BCUT2D eigenvalue weighted by atomic mass is 19.1. The number of amides is 1. The van der Waals surface area contributed by atoms with Gasteiger partial charge in [0.05, 0.1) is 11.4 Å². The SMILES string of the molecule is Cc1ccc(C)c(-n2nc(C)cc2NC(=O)COc2ccc(F)cc2F)c1. The van der Waals surface area contributed by atoms with Crippen LogP contribution >= 0.6 is 0 Å². The number of aryl methyl sites for hydroxylation is 3. The van der Waals surface area contributed by atoms with Gasteiger partial charge in [-0.15, -0.1) is 0 Å². The molecule has 0 saturated heterocycles. The molecule has 3 rings (SSSR count). The zero-order valence-corrected chi connectivity index (χ0v) is 15.2. The lowest BCUT2D eigenvalue weighted by atomic mass is 10.1. The van der Waals surface area contributed by atoms with Gasteiger partial charge in [0.1, 0.15) is 11.6 Å². The minimum atomic E-state index is -0.862. The Kier molecular flexibility index (Phi) is 5.21. The van der Waals surface area contributed by atoms with Crippen molar-refractivity contribution < 1.29 is 18.3 Å². The second kappa shape index (κ2) is 7.57. The number of rotatable bonds is 5. The lowest BCUT2D eigenvalue weighted by Crippen LogP contribution is -2.22. The van der Waals surface area contributed by atoms with E-state index >= 15 is 0 Å². The number of ether oxygens (including phenoxy) is 1. The molecule has 5 nitrogen and oxygen atoms in total. The zero-order chi connectivity index (χ0) is 19.6. The van der Waals surface area contributed by atoms with E-state index in [9.17, 15) is 13.6 Å². The molecule has 140 valence electrons. The largest absolute Gasteiger partial charge is 0.481 e. The number of anilines is 1. The molecular formula is C20H19F2N3O2. The van der Waals surface area contributed by atoms with E-state index in [4.69, 9.17) is 4.74 Å². The van der Waals surface area contributed by atoms with Gasteiger partial charge in [-0.3, -0.25) is 4.79 Å². The predicted octanol–water partition coefficient (Wildman–Crippen LogP) is 4.09. The van der Waals surface area contributed by atoms with Gasteiger partial charge in [0, 0.05) is 12.1 Å². The molecule has 0 spiro atoms. The maximum Gasteiger partial charge on any atom is 0.263 e. The number of hydrogen-bond acceptors (Lipinski definition) is 3. The van der Waals surface area contributed by atoms with Gasteiger partial charge in [0.15, 0.2) is 18.2 Å². The summed E-state index contributed by atoms with van der Waals surface area (Å²) in [6.45, 7) is 5.34. The van der Waals surface area contributed by atoms with Gasteiger partial charge in [-0.05, 0) is 50.1 Å². The topological polar surface area (TPSA) is 56.2 Å². The molecule has 0 saturated carbocycles. The van der Waals surface area contributed by atoms with E-state index < -0.39 is 24.1 Å². The summed E-state index contributed by atoms with van der Waals surface area (Å²) >= 11 is 0. The van der Waals surface area contributed by atoms with Crippen LogP contribution in [0.25, 0.3) is 5.69 Å². The molecule has 2 aromatic carbocycles. The first kappa shape index (κ1) is 18.6. The Hall–Kier alpha value is -3.22. The first-order chi connectivity index (χ1) is 12.8. The predicted molar refractivity (Wildman–Crippen MR) is 98.3 cm³/mol. The smallest absolute Gasteiger partial charge is 0.263 e. The Morgan fingerprint density at radius 2 is 1.89 bits per heavy atom. The number of nitrogens with one attached hydrogen (secondary N) is 1. The van der Waals surface area contributed by atoms with Gasteiger partial charge >= 0.3 is 0 Å². The maximum absolute atomic E-state index is 13.6. The van der Waals surface area contributed by atoms with Crippen molar-refractivity contribution in [3.63, 3.8) is 0 Å². The van der Waals surface area contributed by atoms with Crippen LogP contribution in [0, 0.1) is 32.4 Å². The minimum Gasteiger partial charge on any atom is -0.481 e. The van der Waals surface area contributed by atoms with E-state index in [0.717, 1.165) is 34.6 Å². The van der Waals surface area contributed by atoms with E-state index in [1.54, 1.807) is 10.7 Å². The van der Waals surface area contributed by atoms with E-state index in [0.29, 0.717) is 11.9 Å². The first-order valence-electron chi connectivity index (χ1n) is 8.35. The number of carbonyl (C=O) groups excluding carboxylic acids is 1. The van der Waals surface area contributed by atoms with Crippen LogP contribution in [-0.4, -0.2) is 22.3 Å². The van der Waals surface area contributed by atoms with E-state index in [1.165, 1.54) is 0 Å². The second-order valence-electron chi connectivity index (χ2n) is 6.28. The maximum atomic E-state index is 13.6. The molecule has 1 heterocycles. The van der Waals surface area contributed by atoms with Crippen LogP contribution in [0.3, 0.4) is 0 Å². The fourth-order valence-corrected chi connectivity index (χ4v) is 2.63. The molecule has 7 heteroatoms. The number of benzene rings is 2. The van der Waals surface area contributed by atoms with Crippen LogP contribution in [0.4, 0.5) is 14.6 Å². The van der Waals surface area contributed by atoms with Crippen molar-refractivity contribution in [3.05, 3.63) is 70.9 Å². The zero-order valence-electron chi connectivity index (χ0n) is 15.2. The van der Waals surface area contributed by atoms with Crippen LogP contribution < -0.4 is 10.1 Å². The lowest BCUT2D eigenvalue weighted by molar-refractivity contribution is -0.118. The molecule has 3 aromatic rings. The number of aromatic nitrogens is 2. The van der Waals surface area contributed by atoms with Gasteiger partial charge in [-0.25, -0.2) is 13.5 Å². The summed E-state index contributed by atoms with van der Waals surface area (Å²) in [7, 11) is 0. The average Bonchev–Trinajstić information content (AvgIpc) is 2.96. The van der Waals surface area contributed by atoms with E-state index in [2.05, 4.69) is 10.4 Å². The van der Waals surface area contributed by atoms with Crippen molar-refractivity contribution in [1.29, 1.82) is 0 Å². The molecule has 0 fully saturated rings. The van der Waals surface area contributed by atoms with Crippen molar-refractivity contribution in [1.82, 2.24) is 9.78 Å². The Bertz CT molecular complexity index is 999. The Balaban J connectivity index is 1.76. The van der Waals surface area contributed by atoms with E-state index in [1.807, 2.05) is 39.0 Å². The third-order valence-electron chi connectivity index (χ3n) is 3.94. The monoisotopic (exact) mass is 371 g/mol. The Labute approximate surface area is 155 Å². The third-order valence-corrected chi connectivity index (χ3v) is 3.94. The van der Waals surface area contributed by atoms with Gasteiger partial charge in [-0.2, -0.15) is 5.10 Å². The molecule has 0 atom stereocenters. The fourth-order valence-electron chi connectivity index (χ4n) is 2.63. The van der Waals surface area contributed by atoms with Gasteiger partial charge in [0.25, 0.3) is 5.91 Å². The number of halogens is 2. The summed E-state index contributed by atoms with van der Waals surface area (Å²) in [5.74, 6) is -1.76. The van der Waals surface area contributed by atoms with Crippen LogP contribution in [-0.2, 0) is 4.79 Å². The third kappa shape index (κ3) is 4.31. The summed E-state index contributed by atoms with van der Waals surface area (Å²) < 4.78 is 33.3. The van der Waals surface area contributed by atoms with Crippen molar-refractivity contribution in [2.75, 3.05) is 11.9 Å². The molecule has 0 aliphatic heterocycles. The molecule has 0 bridgehead atoms. The molecular weight excluding hydrogens is 352 g/mol. The summed E-state index contributed by atoms with van der Waals surface area (Å²) in [6.07, 6.45) is 0. The van der Waals surface area contributed by atoms with Crippen LogP contribution in [0.15, 0.2) is 42.5 Å². The van der Waals surface area contributed by atoms with Crippen LogP contribution in [0.5, 0.6) is 5.75 Å². The molecule has 0 unspecified atom stereocenters. The summed E-state index contributed by atoms with van der Waals surface area (Å²) in [5.41, 5.74) is 3.65. The number of nitrogens with zero attached hydrogens (tertiary/aromatic N) is 2. The Morgan fingerprint density at radius 1 is 1.11 bits per heavy atom. The fraction of sp³-hybridized carbons (Fsp3) is 0.200. The quantitative estimate of drug-likeness (QED) is 0.735. The van der Waals surface area contributed by atoms with Crippen molar-refractivity contribution in [2.45, 2.75) is 20.8 Å². The van der Waals surface area contributed by atoms with Gasteiger partial charge < -0.3 is 10.1 Å². The first-order valence-corrected chi connectivity index (χ1v) is 8.35. The highest BCUT2D eigenvalue weighted by Crippen LogP contribution is 2.22.